The van der Waals surface area contributed by atoms with E-state index >= 15 is 0 Å². The highest BCUT2D eigenvalue weighted by atomic mass is 19.1. The van der Waals surface area contributed by atoms with Crippen molar-refractivity contribution in [3.63, 3.8) is 0 Å². The highest BCUT2D eigenvalue weighted by Crippen LogP contribution is 2.32. The molecule has 0 saturated carbocycles. The zero-order valence-electron chi connectivity index (χ0n) is 18.6. The van der Waals surface area contributed by atoms with Crippen molar-refractivity contribution in [2.24, 2.45) is 5.92 Å². The number of carbonyl (C=O) groups is 1. The van der Waals surface area contributed by atoms with E-state index < -0.39 is 11.7 Å². The van der Waals surface area contributed by atoms with E-state index in [1.165, 1.54) is 6.07 Å². The second-order valence-electron chi connectivity index (χ2n) is 8.53. The van der Waals surface area contributed by atoms with Crippen LogP contribution in [0.4, 0.5) is 4.39 Å². The molecule has 1 saturated heterocycles. The molecule has 2 aromatic heterocycles. The van der Waals surface area contributed by atoms with Crippen LogP contribution in [0.3, 0.4) is 0 Å². The summed E-state index contributed by atoms with van der Waals surface area (Å²) >= 11 is 0. The molecule has 3 heterocycles. The number of nitrogens with one attached hydrogen (secondary N) is 3. The maximum absolute atomic E-state index is 14.6. The highest BCUT2D eigenvalue weighted by Gasteiger charge is 2.28. The largest absolute Gasteiger partial charge is 0.493 e. The minimum Gasteiger partial charge on any atom is -0.493 e. The summed E-state index contributed by atoms with van der Waals surface area (Å²) in [5.41, 5.74) is 2.68. The van der Waals surface area contributed by atoms with Gasteiger partial charge in [-0.05, 0) is 66.9 Å². The molecule has 1 fully saturated rings. The number of hydrogen-bond donors (Lipinski definition) is 3. The number of piperidine rings is 1. The molecule has 5 rings (SSSR count). The molecule has 1 aliphatic rings. The third-order valence-corrected chi connectivity index (χ3v) is 6.30. The molecule has 34 heavy (non-hydrogen) atoms. The average molecular weight is 460 g/mol. The lowest BCUT2D eigenvalue weighted by Gasteiger charge is -2.32. The number of H-pyrrole nitrogens is 1. The summed E-state index contributed by atoms with van der Waals surface area (Å²) < 4.78 is 20.7. The van der Waals surface area contributed by atoms with Gasteiger partial charge in [0.05, 0.1) is 36.1 Å². The van der Waals surface area contributed by atoms with Crippen LogP contribution in [0.25, 0.3) is 10.9 Å². The fraction of sp³-hybridized carbons (Fsp3) is 0.269. The zero-order valence-corrected chi connectivity index (χ0v) is 18.6. The minimum absolute atomic E-state index is 0.0528. The van der Waals surface area contributed by atoms with Gasteiger partial charge in [0, 0.05) is 24.0 Å². The van der Waals surface area contributed by atoms with Crippen LogP contribution in [-0.4, -0.2) is 40.8 Å². The molecule has 174 valence electrons. The highest BCUT2D eigenvalue weighted by molar-refractivity contribution is 5.94. The first-order chi connectivity index (χ1) is 16.7. The van der Waals surface area contributed by atoms with Crippen LogP contribution in [0.2, 0.25) is 0 Å². The number of carbonyl (C=O) groups excluding carboxylic acids is 1. The first-order valence-electron chi connectivity index (χ1n) is 11.4. The predicted molar refractivity (Wildman–Crippen MR) is 127 cm³/mol. The monoisotopic (exact) mass is 459 g/mol. The Hall–Kier alpha value is -3.78. The number of aromatic amines is 1. The van der Waals surface area contributed by atoms with Crippen molar-refractivity contribution in [3.05, 3.63) is 89.6 Å². The molecule has 7 nitrogen and oxygen atoms in total. The van der Waals surface area contributed by atoms with Gasteiger partial charge < -0.3 is 15.4 Å². The van der Waals surface area contributed by atoms with Gasteiger partial charge in [0.1, 0.15) is 11.6 Å². The molecular formula is C26H26FN5O2. The number of aromatic nitrogens is 3. The molecule has 4 aromatic rings. The van der Waals surface area contributed by atoms with Crippen LogP contribution in [0.1, 0.15) is 34.0 Å². The van der Waals surface area contributed by atoms with Crippen molar-refractivity contribution in [1.82, 2.24) is 25.8 Å². The Balaban J connectivity index is 1.29. The lowest BCUT2D eigenvalue weighted by atomic mass is 9.81. The lowest BCUT2D eigenvalue weighted by Crippen LogP contribution is -2.38. The molecular weight excluding hydrogens is 433 g/mol. The quantitative estimate of drug-likeness (QED) is 0.391. The third-order valence-electron chi connectivity index (χ3n) is 6.30. The standard InChI is InChI=1S/C26H26FN5O2/c27-24-6-4-17(12-23(24)26(33)30-15-20-3-1-2-9-29-20)22-8-10-28-13-19(22)16-34-21-5-7-25-18(11-21)14-31-32-25/h1-7,9,11-12,14,19,22,28H,8,10,13,15-16H2,(H,30,33)(H,31,32)/t19-,22-/m0/s1. The molecule has 1 aliphatic heterocycles. The number of benzene rings is 2. The number of fused-ring (bicyclic) bond motifs is 1. The van der Waals surface area contributed by atoms with Crippen LogP contribution in [0.5, 0.6) is 5.75 Å². The Kier molecular flexibility index (Phi) is 6.49. The molecule has 0 spiro atoms. The predicted octanol–water partition coefficient (Wildman–Crippen LogP) is 3.80. The van der Waals surface area contributed by atoms with Crippen molar-refractivity contribution in [2.45, 2.75) is 18.9 Å². The Bertz CT molecular complexity index is 1280. The van der Waals surface area contributed by atoms with Crippen LogP contribution in [-0.2, 0) is 6.54 Å². The second kappa shape index (κ2) is 10.0. The van der Waals surface area contributed by atoms with E-state index in [-0.39, 0.29) is 23.9 Å². The SMILES string of the molecule is O=C(NCc1ccccn1)c1cc([C@@H]2CCNC[C@H]2COc2ccc3[nH]ncc3c2)ccc1F. The fourth-order valence-electron chi connectivity index (χ4n) is 4.47. The Morgan fingerprint density at radius 3 is 3.00 bits per heavy atom. The van der Waals surface area contributed by atoms with Gasteiger partial charge in [0.25, 0.3) is 5.91 Å². The number of rotatable bonds is 7. The van der Waals surface area contributed by atoms with E-state index in [2.05, 4.69) is 25.8 Å². The number of ether oxygens (including phenoxy) is 1. The fourth-order valence-corrected chi connectivity index (χ4v) is 4.47. The Labute approximate surface area is 196 Å². The van der Waals surface area contributed by atoms with Gasteiger partial charge in [-0.1, -0.05) is 12.1 Å². The molecule has 1 amide bonds. The average Bonchev–Trinajstić information content (AvgIpc) is 3.35. The van der Waals surface area contributed by atoms with Gasteiger partial charge in [0.15, 0.2) is 0 Å². The van der Waals surface area contributed by atoms with E-state index in [0.29, 0.717) is 6.61 Å². The number of pyridine rings is 1. The van der Waals surface area contributed by atoms with Gasteiger partial charge in [-0.2, -0.15) is 5.10 Å². The Morgan fingerprint density at radius 2 is 2.12 bits per heavy atom. The van der Waals surface area contributed by atoms with Crippen molar-refractivity contribution >= 4 is 16.8 Å². The molecule has 0 radical (unpaired) electrons. The number of hydrogen-bond acceptors (Lipinski definition) is 5. The van der Waals surface area contributed by atoms with Gasteiger partial charge >= 0.3 is 0 Å². The first-order valence-corrected chi connectivity index (χ1v) is 11.4. The minimum atomic E-state index is -0.530. The summed E-state index contributed by atoms with van der Waals surface area (Å²) in [7, 11) is 0. The third kappa shape index (κ3) is 4.92. The van der Waals surface area contributed by atoms with E-state index in [4.69, 9.17) is 4.74 Å². The number of amides is 1. The summed E-state index contributed by atoms with van der Waals surface area (Å²) in [6.45, 7) is 2.41. The van der Waals surface area contributed by atoms with Crippen molar-refractivity contribution < 1.29 is 13.9 Å². The summed E-state index contributed by atoms with van der Waals surface area (Å²) in [5.74, 6) is 0.148. The Morgan fingerprint density at radius 1 is 1.18 bits per heavy atom. The molecule has 2 aromatic carbocycles. The number of halogens is 1. The summed E-state index contributed by atoms with van der Waals surface area (Å²) in [6.07, 6.45) is 4.32. The first kappa shape index (κ1) is 22.0. The number of nitrogens with zero attached hydrogens (tertiary/aromatic N) is 2. The summed E-state index contributed by atoms with van der Waals surface area (Å²) in [6, 6.07) is 16.2. The molecule has 0 aliphatic carbocycles. The van der Waals surface area contributed by atoms with Crippen molar-refractivity contribution in [3.8, 4) is 5.75 Å². The van der Waals surface area contributed by atoms with E-state index in [1.807, 2.05) is 36.4 Å². The van der Waals surface area contributed by atoms with Crippen LogP contribution >= 0.6 is 0 Å². The van der Waals surface area contributed by atoms with Crippen LogP contribution in [0, 0.1) is 11.7 Å². The second-order valence-corrected chi connectivity index (χ2v) is 8.53. The zero-order chi connectivity index (χ0) is 23.3. The lowest BCUT2D eigenvalue weighted by molar-refractivity contribution is 0.0946. The summed E-state index contributed by atoms with van der Waals surface area (Å²) in [4.78, 5) is 16.9. The topological polar surface area (TPSA) is 91.9 Å². The van der Waals surface area contributed by atoms with Crippen molar-refractivity contribution in [2.75, 3.05) is 19.7 Å². The molecule has 2 atom stereocenters. The molecule has 8 heteroatoms. The van der Waals surface area contributed by atoms with Gasteiger partial charge in [-0.15, -0.1) is 0 Å². The van der Waals surface area contributed by atoms with Gasteiger partial charge in [0.2, 0.25) is 0 Å². The van der Waals surface area contributed by atoms with E-state index in [9.17, 15) is 9.18 Å². The van der Waals surface area contributed by atoms with Gasteiger partial charge in [-0.3, -0.25) is 14.9 Å². The van der Waals surface area contributed by atoms with Crippen molar-refractivity contribution in [1.29, 1.82) is 0 Å². The van der Waals surface area contributed by atoms with Crippen LogP contribution < -0.4 is 15.4 Å². The van der Waals surface area contributed by atoms with Crippen LogP contribution in [0.15, 0.2) is 67.0 Å². The smallest absolute Gasteiger partial charge is 0.254 e. The summed E-state index contributed by atoms with van der Waals surface area (Å²) in [5, 5.41) is 14.2. The maximum Gasteiger partial charge on any atom is 0.254 e. The molecule has 0 bridgehead atoms. The normalized spacial score (nSPS) is 18.0. The maximum atomic E-state index is 14.6. The molecule has 0 unspecified atom stereocenters. The van der Waals surface area contributed by atoms with Gasteiger partial charge in [-0.25, -0.2) is 4.39 Å². The molecule has 3 N–H and O–H groups in total. The van der Waals surface area contributed by atoms with E-state index in [0.717, 1.165) is 47.4 Å². The van der Waals surface area contributed by atoms with E-state index in [1.54, 1.807) is 24.5 Å².